The number of carbonyl (C=O) groups is 7. The number of rotatable bonds is 17. The third-order valence-electron chi connectivity index (χ3n) is 15.2. The van der Waals surface area contributed by atoms with Gasteiger partial charge in [-0.25, -0.2) is 9.97 Å². The second kappa shape index (κ2) is 27.7. The van der Waals surface area contributed by atoms with E-state index in [1.807, 2.05) is 127 Å². The maximum atomic E-state index is 13.2. The number of ether oxygens (including phenoxy) is 11. The van der Waals surface area contributed by atoms with Crippen molar-refractivity contribution in [2.24, 2.45) is 0 Å². The number of nitrogens with one attached hydrogen (secondary N) is 2. The topological polar surface area (TPSA) is 278 Å². The van der Waals surface area contributed by atoms with Crippen LogP contribution < -0.4 is 4.74 Å². The number of benzene rings is 4. The zero-order chi connectivity index (χ0) is 64.7. The van der Waals surface area contributed by atoms with Gasteiger partial charge < -0.3 is 62.1 Å². The molecule has 2 saturated heterocycles. The molecule has 4 aromatic carbocycles. The number of fused-ring (bicyclic) bond motifs is 8. The van der Waals surface area contributed by atoms with Gasteiger partial charge in [0.25, 0.3) is 0 Å². The molecule has 8 bridgehead atoms. The highest BCUT2D eigenvalue weighted by Crippen LogP contribution is 2.41. The summed E-state index contributed by atoms with van der Waals surface area (Å²) in [6.45, 7) is 6.35. The molecule has 10 unspecified atom stereocenters. The van der Waals surface area contributed by atoms with E-state index in [0.29, 0.717) is 28.0 Å². The van der Waals surface area contributed by atoms with E-state index in [4.69, 9.17) is 62.1 Å². The van der Waals surface area contributed by atoms with Gasteiger partial charge in [0.15, 0.2) is 30.7 Å². The third kappa shape index (κ3) is 14.2. The lowest BCUT2D eigenvalue weighted by Crippen LogP contribution is -2.67. The van der Waals surface area contributed by atoms with Crippen LogP contribution in [0.4, 0.5) is 0 Å². The summed E-state index contributed by atoms with van der Waals surface area (Å²) in [4.78, 5) is 108. The maximum absolute atomic E-state index is 13.2. The van der Waals surface area contributed by atoms with Crippen molar-refractivity contribution < 1.29 is 85.7 Å². The monoisotopic (exact) mass is 1250 g/mol. The fourth-order valence-electron chi connectivity index (χ4n) is 11.6. The molecule has 7 aromatic rings. The number of hydrogen-bond acceptors (Lipinski definition) is 20. The highest BCUT2D eigenvalue weighted by atomic mass is 16.8. The Morgan fingerprint density at radius 1 is 0.359 bits per heavy atom. The number of aromatic amines is 2. The molecule has 4 aliphatic rings. The minimum absolute atomic E-state index is 0.159. The molecule has 0 radical (unpaired) electrons. The van der Waals surface area contributed by atoms with E-state index in [1.165, 1.54) is 0 Å². The average Bonchev–Trinajstić information content (AvgIpc) is 1.50. The van der Waals surface area contributed by atoms with Crippen LogP contribution in [0.1, 0.15) is 71.2 Å². The van der Waals surface area contributed by atoms with E-state index < -0.39 is 116 Å². The van der Waals surface area contributed by atoms with E-state index in [2.05, 4.69) is 34.2 Å². The molecule has 3 aromatic heterocycles. The Hall–Kier alpha value is -10.5. The minimum atomic E-state index is -1.87. The van der Waals surface area contributed by atoms with Crippen LogP contribution in [0.5, 0.6) is 5.75 Å². The van der Waals surface area contributed by atoms with Crippen molar-refractivity contribution in [3.8, 4) is 50.3 Å². The van der Waals surface area contributed by atoms with Gasteiger partial charge in [0.05, 0.1) is 22.8 Å². The predicted octanol–water partition coefficient (Wildman–Crippen LogP) is 10.3. The smallest absolute Gasteiger partial charge is 0.303 e. The summed E-state index contributed by atoms with van der Waals surface area (Å²) in [6, 6.07) is 45.3. The Kier molecular flexibility index (Phi) is 19.0. The van der Waals surface area contributed by atoms with Crippen molar-refractivity contribution in [1.82, 2.24) is 19.9 Å². The molecule has 0 spiro atoms. The molecular weight excluding hydrogens is 1180 g/mol. The Morgan fingerprint density at radius 3 is 1.04 bits per heavy atom. The van der Waals surface area contributed by atoms with Gasteiger partial charge in [-0.1, -0.05) is 103 Å². The molecule has 22 nitrogen and oxygen atoms in total. The average molecular weight is 1250 g/mol. The quantitative estimate of drug-likeness (QED) is 0.0633. The number of aromatic nitrogens is 4. The molecule has 2 N–H and O–H groups in total. The molecule has 2 fully saturated rings. The third-order valence-corrected chi connectivity index (χ3v) is 15.2. The van der Waals surface area contributed by atoms with Crippen LogP contribution in [0.15, 0.2) is 140 Å². The van der Waals surface area contributed by atoms with Gasteiger partial charge in [-0.15, -0.1) is 0 Å². The van der Waals surface area contributed by atoms with Gasteiger partial charge in [0, 0.05) is 92.8 Å². The molecule has 0 saturated carbocycles. The van der Waals surface area contributed by atoms with Crippen LogP contribution in [-0.2, 0) is 80.9 Å². The molecular formula is C70H64N4O18. The molecule has 0 aliphatic carbocycles. The normalized spacial score (nSPS) is 21.5. The Labute approximate surface area is 527 Å². The number of esters is 7. The number of carbonyl (C=O) groups excluding carboxylic acids is 7. The lowest BCUT2D eigenvalue weighted by Gasteiger charge is -2.48. The predicted molar refractivity (Wildman–Crippen MR) is 334 cm³/mol. The van der Waals surface area contributed by atoms with Crippen LogP contribution in [-0.4, -0.2) is 136 Å². The molecule has 7 heterocycles. The van der Waals surface area contributed by atoms with E-state index in [-0.39, 0.29) is 5.75 Å². The first-order chi connectivity index (χ1) is 44.3. The van der Waals surface area contributed by atoms with E-state index in [9.17, 15) is 33.6 Å². The van der Waals surface area contributed by atoms with Crippen LogP contribution >= 0.6 is 0 Å². The van der Waals surface area contributed by atoms with Crippen molar-refractivity contribution in [2.45, 2.75) is 110 Å². The van der Waals surface area contributed by atoms with E-state index >= 15 is 0 Å². The van der Waals surface area contributed by atoms with Crippen molar-refractivity contribution in [1.29, 1.82) is 0 Å². The van der Waals surface area contributed by atoms with Gasteiger partial charge >= 0.3 is 41.8 Å². The molecule has 4 aliphatic heterocycles. The van der Waals surface area contributed by atoms with Gasteiger partial charge in [0.2, 0.25) is 12.4 Å². The largest absolute Gasteiger partial charge is 0.463 e. The van der Waals surface area contributed by atoms with Gasteiger partial charge in [-0.2, -0.15) is 0 Å². The Balaban J connectivity index is 1.02. The van der Waals surface area contributed by atoms with Crippen molar-refractivity contribution in [3.05, 3.63) is 162 Å². The molecule has 10 atom stereocenters. The standard InChI is InChI=1S/C70H64N4O18/c1-37(75)82-35-57-63(84-39(3)77)65(85-40(4)78)68(88-43(7)81)70(91-57)92-64-58(36-83-38(2)76)90-69(67(87-42(6)80)66(64)86-41(5)79)89-48-25-23-47(24-26-48)62-55-33-31-53(73-55)60(45-19-13-9-14-20-45)51-29-27-49(71-51)59(44-17-11-8-12-18-44)50-28-30-52(72-50)61(46-21-15-10-16-22-46)54-32-34-56(62)74-54/h8-34,57-58,63-71,74H,35-36H2,1-7H3. The van der Waals surface area contributed by atoms with Crippen molar-refractivity contribution >= 4 is 88.2 Å². The summed E-state index contributed by atoms with van der Waals surface area (Å²) in [5, 5.41) is 0. The molecule has 11 rings (SSSR count). The Morgan fingerprint density at radius 2 is 0.674 bits per heavy atom. The highest BCUT2D eigenvalue weighted by Gasteiger charge is 2.58. The van der Waals surface area contributed by atoms with Crippen LogP contribution in [0, 0.1) is 0 Å². The summed E-state index contributed by atoms with van der Waals surface area (Å²) >= 11 is 0. The van der Waals surface area contributed by atoms with Gasteiger partial charge in [0.1, 0.15) is 37.3 Å². The summed E-state index contributed by atoms with van der Waals surface area (Å²) < 4.78 is 65.3. The van der Waals surface area contributed by atoms with Crippen molar-refractivity contribution in [2.75, 3.05) is 13.2 Å². The molecule has 0 amide bonds. The zero-order valence-electron chi connectivity index (χ0n) is 51.0. The van der Waals surface area contributed by atoms with Crippen LogP contribution in [0.25, 0.3) is 90.9 Å². The second-order valence-electron chi connectivity index (χ2n) is 21.9. The number of hydrogen-bond donors (Lipinski definition) is 2. The summed E-state index contributed by atoms with van der Waals surface area (Å²) in [5.74, 6) is -5.90. The summed E-state index contributed by atoms with van der Waals surface area (Å²) in [7, 11) is 0. The fraction of sp³-hybridized carbons (Fsp3) is 0.271. The first kappa shape index (κ1) is 63.0. The summed E-state index contributed by atoms with van der Waals surface area (Å²) in [6.07, 6.45) is -8.53. The van der Waals surface area contributed by atoms with Gasteiger partial charge in [-0.3, -0.25) is 33.6 Å². The number of H-pyrrole nitrogens is 2. The lowest BCUT2D eigenvalue weighted by atomic mass is 9.96. The second-order valence-corrected chi connectivity index (χ2v) is 21.9. The SMILES string of the molecule is CC(=O)OCC1OC(OC2C(COC(C)=O)OC(Oc3ccc(-c4c5nc(c(-c6ccccc6)c6ccc([nH]6)c(-c6ccccc6)c6nc(c(-c7ccccc7)c7ccc4[nH]7)C=C6)C=C5)cc3)C(OC(C)=O)C2OC(C)=O)C(OC(C)=O)C(OC(C)=O)C1OC(C)=O. The zero-order valence-corrected chi connectivity index (χ0v) is 51.0. The van der Waals surface area contributed by atoms with Crippen LogP contribution in [0.2, 0.25) is 0 Å². The first-order valence-electron chi connectivity index (χ1n) is 29.5. The van der Waals surface area contributed by atoms with Crippen molar-refractivity contribution in [3.63, 3.8) is 0 Å². The number of nitrogens with zero attached hydrogens (tertiary/aromatic N) is 2. The molecule has 22 heteroatoms. The summed E-state index contributed by atoms with van der Waals surface area (Å²) in [5.41, 5.74) is 12.8. The lowest BCUT2D eigenvalue weighted by molar-refractivity contribution is -0.354. The maximum Gasteiger partial charge on any atom is 0.303 e. The van der Waals surface area contributed by atoms with E-state index in [1.54, 1.807) is 12.1 Å². The minimum Gasteiger partial charge on any atom is -0.463 e. The van der Waals surface area contributed by atoms with Crippen LogP contribution in [0.3, 0.4) is 0 Å². The highest BCUT2D eigenvalue weighted by molar-refractivity contribution is 6.00. The first-order valence-corrected chi connectivity index (χ1v) is 29.5. The fourth-order valence-corrected chi connectivity index (χ4v) is 11.6. The van der Waals surface area contributed by atoms with Gasteiger partial charge in [-0.05, 0) is 83.0 Å². The molecule has 92 heavy (non-hydrogen) atoms. The van der Waals surface area contributed by atoms with E-state index in [0.717, 1.165) is 110 Å². The Bertz CT molecular complexity index is 4150. The molecule has 472 valence electrons.